The normalized spacial score (nSPS) is 18.4. The van der Waals surface area contributed by atoms with Gasteiger partial charge in [-0.05, 0) is 26.1 Å². The Kier molecular flexibility index (Phi) is 4.85. The number of hydrogen-bond donors (Lipinski definition) is 1. The van der Waals surface area contributed by atoms with Gasteiger partial charge in [0.15, 0.2) is 0 Å². The molecule has 1 saturated heterocycles. The molecular formula is C16H24N4S. The second-order valence-electron chi connectivity index (χ2n) is 5.77. The van der Waals surface area contributed by atoms with E-state index in [0.29, 0.717) is 6.04 Å². The Bertz CT molecular complexity index is 543. The van der Waals surface area contributed by atoms with Crippen molar-refractivity contribution >= 4 is 21.6 Å². The molecule has 2 aromatic rings. The Balaban J connectivity index is 1.59. The van der Waals surface area contributed by atoms with E-state index in [1.165, 1.54) is 22.8 Å². The second kappa shape index (κ2) is 6.83. The van der Waals surface area contributed by atoms with Crippen LogP contribution in [0, 0.1) is 0 Å². The maximum atomic E-state index is 4.78. The van der Waals surface area contributed by atoms with Crippen molar-refractivity contribution in [2.24, 2.45) is 0 Å². The molecule has 1 aliphatic heterocycles. The van der Waals surface area contributed by atoms with E-state index >= 15 is 0 Å². The van der Waals surface area contributed by atoms with Crippen molar-refractivity contribution in [3.8, 4) is 0 Å². The molecule has 114 valence electrons. The van der Waals surface area contributed by atoms with Crippen molar-refractivity contribution in [1.29, 1.82) is 0 Å². The molecule has 1 fully saturated rings. The number of piperazine rings is 1. The molecule has 1 aromatic carbocycles. The SMILES string of the molecule is CC(c1nc2ccccc2s1)N(C)CCN1CCNCC1. The van der Waals surface area contributed by atoms with E-state index in [4.69, 9.17) is 4.98 Å². The zero-order valence-electron chi connectivity index (χ0n) is 12.9. The molecule has 1 unspecified atom stereocenters. The lowest BCUT2D eigenvalue weighted by Crippen LogP contribution is -2.46. The van der Waals surface area contributed by atoms with E-state index in [0.717, 1.165) is 31.7 Å². The average molecular weight is 304 g/mol. The molecule has 0 saturated carbocycles. The van der Waals surface area contributed by atoms with Gasteiger partial charge in [0.25, 0.3) is 0 Å². The molecule has 0 radical (unpaired) electrons. The standard InChI is InChI=1S/C16H24N4S/c1-13(16-18-14-5-3-4-6-15(14)21-16)19(2)11-12-20-9-7-17-8-10-20/h3-6,13,17H,7-12H2,1-2H3. The van der Waals surface area contributed by atoms with Gasteiger partial charge in [0, 0.05) is 39.3 Å². The molecule has 4 nitrogen and oxygen atoms in total. The van der Waals surface area contributed by atoms with Crippen LogP contribution in [-0.4, -0.2) is 61.1 Å². The molecule has 1 atom stereocenters. The molecule has 0 bridgehead atoms. The van der Waals surface area contributed by atoms with Crippen molar-refractivity contribution in [3.05, 3.63) is 29.3 Å². The van der Waals surface area contributed by atoms with Crippen LogP contribution < -0.4 is 5.32 Å². The van der Waals surface area contributed by atoms with Gasteiger partial charge in [-0.2, -0.15) is 0 Å². The lowest BCUT2D eigenvalue weighted by atomic mass is 10.3. The summed E-state index contributed by atoms with van der Waals surface area (Å²) in [4.78, 5) is 9.74. The highest BCUT2D eigenvalue weighted by Crippen LogP contribution is 2.28. The highest BCUT2D eigenvalue weighted by atomic mass is 32.1. The first-order valence-corrected chi connectivity index (χ1v) is 8.54. The van der Waals surface area contributed by atoms with Crippen LogP contribution in [0.15, 0.2) is 24.3 Å². The van der Waals surface area contributed by atoms with Crippen LogP contribution in [-0.2, 0) is 0 Å². The summed E-state index contributed by atoms with van der Waals surface area (Å²) in [7, 11) is 2.21. The van der Waals surface area contributed by atoms with E-state index in [1.54, 1.807) is 0 Å². The molecular weight excluding hydrogens is 280 g/mol. The summed E-state index contributed by atoms with van der Waals surface area (Å²) in [6, 6.07) is 8.78. The fraction of sp³-hybridized carbons (Fsp3) is 0.562. The molecule has 0 spiro atoms. The summed E-state index contributed by atoms with van der Waals surface area (Å²) in [5.41, 5.74) is 1.12. The van der Waals surface area contributed by atoms with Gasteiger partial charge >= 0.3 is 0 Å². The largest absolute Gasteiger partial charge is 0.314 e. The van der Waals surface area contributed by atoms with E-state index in [1.807, 2.05) is 11.3 Å². The number of fused-ring (bicyclic) bond motifs is 1. The summed E-state index contributed by atoms with van der Waals surface area (Å²) >= 11 is 1.82. The fourth-order valence-electron chi connectivity index (χ4n) is 2.68. The van der Waals surface area contributed by atoms with Crippen LogP contribution in [0.3, 0.4) is 0 Å². The third-order valence-electron chi connectivity index (χ3n) is 4.31. The van der Waals surface area contributed by atoms with E-state index in [-0.39, 0.29) is 0 Å². The minimum atomic E-state index is 0.380. The maximum absolute atomic E-state index is 4.78. The number of nitrogens with zero attached hydrogens (tertiary/aromatic N) is 3. The minimum absolute atomic E-state index is 0.380. The van der Waals surface area contributed by atoms with Crippen LogP contribution in [0.5, 0.6) is 0 Å². The van der Waals surface area contributed by atoms with Crippen molar-refractivity contribution in [2.75, 3.05) is 46.3 Å². The first-order chi connectivity index (χ1) is 10.2. The molecule has 0 aliphatic carbocycles. The van der Waals surface area contributed by atoms with Gasteiger partial charge in [0.05, 0.1) is 16.3 Å². The van der Waals surface area contributed by atoms with Gasteiger partial charge in [-0.3, -0.25) is 9.80 Å². The van der Waals surface area contributed by atoms with Crippen LogP contribution in [0.4, 0.5) is 0 Å². The number of para-hydroxylation sites is 1. The molecule has 21 heavy (non-hydrogen) atoms. The predicted octanol–water partition coefficient (Wildman–Crippen LogP) is 2.19. The molecule has 5 heteroatoms. The molecule has 1 aliphatic rings. The smallest absolute Gasteiger partial charge is 0.111 e. The Morgan fingerprint density at radius 3 is 2.86 bits per heavy atom. The van der Waals surface area contributed by atoms with E-state index < -0.39 is 0 Å². The zero-order chi connectivity index (χ0) is 14.7. The van der Waals surface area contributed by atoms with Gasteiger partial charge < -0.3 is 5.32 Å². The summed E-state index contributed by atoms with van der Waals surface area (Å²) in [6.45, 7) is 9.08. The van der Waals surface area contributed by atoms with Gasteiger partial charge in [-0.15, -0.1) is 11.3 Å². The summed E-state index contributed by atoms with van der Waals surface area (Å²) in [5, 5.41) is 4.62. The van der Waals surface area contributed by atoms with Crippen molar-refractivity contribution in [2.45, 2.75) is 13.0 Å². The number of hydrogen-bond acceptors (Lipinski definition) is 5. The minimum Gasteiger partial charge on any atom is -0.314 e. The Hall–Kier alpha value is -1.01. The fourth-order valence-corrected chi connectivity index (χ4v) is 3.77. The summed E-state index contributed by atoms with van der Waals surface area (Å²) in [6.07, 6.45) is 0. The Morgan fingerprint density at radius 1 is 1.33 bits per heavy atom. The lowest BCUT2D eigenvalue weighted by molar-refractivity contribution is 0.183. The zero-order valence-corrected chi connectivity index (χ0v) is 13.7. The molecule has 3 rings (SSSR count). The van der Waals surface area contributed by atoms with Gasteiger partial charge in [0.2, 0.25) is 0 Å². The highest BCUT2D eigenvalue weighted by Gasteiger charge is 2.17. The average Bonchev–Trinajstić information content (AvgIpc) is 2.97. The van der Waals surface area contributed by atoms with Crippen molar-refractivity contribution in [1.82, 2.24) is 20.1 Å². The molecule has 1 N–H and O–H groups in total. The second-order valence-corrected chi connectivity index (χ2v) is 6.83. The summed E-state index contributed by atoms with van der Waals surface area (Å²) < 4.78 is 1.29. The van der Waals surface area contributed by atoms with Crippen molar-refractivity contribution in [3.63, 3.8) is 0 Å². The van der Waals surface area contributed by atoms with E-state index in [2.05, 4.69) is 53.4 Å². The first-order valence-electron chi connectivity index (χ1n) is 7.73. The first kappa shape index (κ1) is 14.9. The number of likely N-dealkylation sites (N-methyl/N-ethyl adjacent to an activating group) is 1. The third-order valence-corrected chi connectivity index (χ3v) is 5.51. The van der Waals surface area contributed by atoms with Gasteiger partial charge in [-0.25, -0.2) is 4.98 Å². The lowest BCUT2D eigenvalue weighted by Gasteiger charge is -2.30. The molecule has 2 heterocycles. The molecule has 0 amide bonds. The number of nitrogens with one attached hydrogen (secondary N) is 1. The Labute approximate surface area is 130 Å². The van der Waals surface area contributed by atoms with Crippen LogP contribution in [0.25, 0.3) is 10.2 Å². The number of rotatable bonds is 5. The van der Waals surface area contributed by atoms with Crippen molar-refractivity contribution < 1.29 is 0 Å². The van der Waals surface area contributed by atoms with Gasteiger partial charge in [-0.1, -0.05) is 12.1 Å². The number of aromatic nitrogens is 1. The van der Waals surface area contributed by atoms with E-state index in [9.17, 15) is 0 Å². The number of thiazole rings is 1. The molecule has 1 aromatic heterocycles. The predicted molar refractivity (Wildman–Crippen MR) is 90.0 cm³/mol. The maximum Gasteiger partial charge on any atom is 0.111 e. The van der Waals surface area contributed by atoms with Gasteiger partial charge in [0.1, 0.15) is 5.01 Å². The Morgan fingerprint density at radius 2 is 2.10 bits per heavy atom. The van der Waals surface area contributed by atoms with Crippen LogP contribution >= 0.6 is 11.3 Å². The summed E-state index contributed by atoms with van der Waals surface area (Å²) in [5.74, 6) is 0. The quantitative estimate of drug-likeness (QED) is 0.917. The number of benzene rings is 1. The topological polar surface area (TPSA) is 31.4 Å². The highest BCUT2D eigenvalue weighted by molar-refractivity contribution is 7.18. The monoisotopic (exact) mass is 304 g/mol. The van der Waals surface area contributed by atoms with Crippen LogP contribution in [0.2, 0.25) is 0 Å². The third kappa shape index (κ3) is 3.61. The van der Waals surface area contributed by atoms with Crippen LogP contribution in [0.1, 0.15) is 18.0 Å².